The minimum absolute atomic E-state index is 0.0759. The van der Waals surface area contributed by atoms with Crippen LogP contribution in [-0.4, -0.2) is 82.2 Å². The predicted octanol–water partition coefficient (Wildman–Crippen LogP) is 3.26. The van der Waals surface area contributed by atoms with Crippen molar-refractivity contribution in [2.45, 2.75) is 95.5 Å². The van der Waals surface area contributed by atoms with Crippen LogP contribution in [0.15, 0.2) is 60.8 Å². The SMILES string of the molecule is CCC=CCCCCC=CCC=CCCC=CC=CCCC(=O)OCCNCC(O)C(O)C(O)C(O)CO. The van der Waals surface area contributed by atoms with Crippen molar-refractivity contribution in [2.75, 3.05) is 26.3 Å². The maximum atomic E-state index is 11.7. The van der Waals surface area contributed by atoms with Crippen LogP contribution in [0.2, 0.25) is 0 Å². The van der Waals surface area contributed by atoms with Gasteiger partial charge in [-0.15, -0.1) is 0 Å². The Morgan fingerprint density at radius 2 is 1.34 bits per heavy atom. The maximum absolute atomic E-state index is 11.7. The van der Waals surface area contributed by atoms with Crippen LogP contribution in [-0.2, 0) is 9.53 Å². The van der Waals surface area contributed by atoms with Crippen molar-refractivity contribution in [3.8, 4) is 0 Å². The Bertz CT molecular complexity index is 703. The summed E-state index contributed by atoms with van der Waals surface area (Å²) < 4.78 is 5.09. The van der Waals surface area contributed by atoms with Gasteiger partial charge < -0.3 is 35.6 Å². The van der Waals surface area contributed by atoms with Crippen molar-refractivity contribution in [1.29, 1.82) is 0 Å². The Balaban J connectivity index is 3.67. The molecule has 8 heteroatoms. The van der Waals surface area contributed by atoms with E-state index in [1.807, 2.05) is 18.2 Å². The fraction of sp³-hybridized carbons (Fsp3) is 0.633. The van der Waals surface area contributed by atoms with E-state index >= 15 is 0 Å². The van der Waals surface area contributed by atoms with Crippen LogP contribution in [0.25, 0.3) is 0 Å². The molecule has 0 saturated carbocycles. The van der Waals surface area contributed by atoms with Crippen molar-refractivity contribution >= 4 is 5.97 Å². The van der Waals surface area contributed by atoms with Gasteiger partial charge in [0.2, 0.25) is 0 Å². The van der Waals surface area contributed by atoms with Crippen LogP contribution in [0.5, 0.6) is 0 Å². The Labute approximate surface area is 229 Å². The van der Waals surface area contributed by atoms with Crippen molar-refractivity contribution in [3.63, 3.8) is 0 Å². The van der Waals surface area contributed by atoms with E-state index in [2.05, 4.69) is 54.8 Å². The third kappa shape index (κ3) is 22.0. The lowest BCUT2D eigenvalue weighted by molar-refractivity contribution is -0.143. The quantitative estimate of drug-likeness (QED) is 0.0477. The zero-order chi connectivity index (χ0) is 28.3. The Morgan fingerprint density at radius 1 is 0.763 bits per heavy atom. The minimum Gasteiger partial charge on any atom is -0.464 e. The second kappa shape index (κ2) is 26.5. The fourth-order valence-electron chi connectivity index (χ4n) is 3.30. The van der Waals surface area contributed by atoms with Gasteiger partial charge in [0, 0.05) is 19.5 Å². The Kier molecular flexibility index (Phi) is 25.1. The Morgan fingerprint density at radius 3 is 2.00 bits per heavy atom. The zero-order valence-electron chi connectivity index (χ0n) is 23.0. The molecule has 0 aliphatic carbocycles. The molecule has 0 heterocycles. The number of aliphatic hydroxyl groups is 5. The minimum atomic E-state index is -1.66. The van der Waals surface area contributed by atoms with E-state index in [9.17, 15) is 25.2 Å². The van der Waals surface area contributed by atoms with Crippen LogP contribution >= 0.6 is 0 Å². The lowest BCUT2D eigenvalue weighted by Gasteiger charge is -2.25. The summed E-state index contributed by atoms with van der Waals surface area (Å²) in [6, 6.07) is 0. The van der Waals surface area contributed by atoms with Crippen LogP contribution in [0.1, 0.15) is 71.1 Å². The van der Waals surface area contributed by atoms with Crippen LogP contribution in [0.4, 0.5) is 0 Å². The van der Waals surface area contributed by atoms with E-state index in [1.165, 1.54) is 19.3 Å². The standard InChI is InChI=1S/C30H51NO7/c1-2-3-4-5-6-7-8-9-10-11-12-13-14-15-16-17-18-19-20-21-28(35)38-23-22-31-24-26(33)29(36)30(37)27(34)25-32/h3-4,9-10,12-13,16-19,26-27,29-34,36-37H,2,5-8,11,14-15,20-25H2,1H3. The molecule has 8 nitrogen and oxygen atoms in total. The highest BCUT2D eigenvalue weighted by Crippen LogP contribution is 2.05. The molecule has 0 amide bonds. The molecule has 38 heavy (non-hydrogen) atoms. The van der Waals surface area contributed by atoms with E-state index in [0.717, 1.165) is 32.1 Å². The normalized spacial score (nSPS) is 15.8. The summed E-state index contributed by atoms with van der Waals surface area (Å²) in [4.78, 5) is 11.7. The summed E-state index contributed by atoms with van der Waals surface area (Å²) in [6.45, 7) is 1.72. The molecule has 0 aromatic heterocycles. The molecule has 4 atom stereocenters. The molecule has 6 N–H and O–H groups in total. The number of hydrogen-bond donors (Lipinski definition) is 6. The van der Waals surface area contributed by atoms with Crippen LogP contribution in [0, 0.1) is 0 Å². The van der Waals surface area contributed by atoms with Crippen molar-refractivity contribution in [3.05, 3.63) is 60.8 Å². The first-order valence-corrected chi connectivity index (χ1v) is 13.9. The number of rotatable bonds is 24. The van der Waals surface area contributed by atoms with Gasteiger partial charge in [0.05, 0.1) is 12.7 Å². The van der Waals surface area contributed by atoms with Gasteiger partial charge in [-0.05, 0) is 57.8 Å². The molecule has 0 fully saturated rings. The summed E-state index contributed by atoms with van der Waals surface area (Å²) in [5.74, 6) is -0.328. The molecule has 0 spiro atoms. The first kappa shape index (κ1) is 35.9. The summed E-state index contributed by atoms with van der Waals surface area (Å²) in [5, 5.41) is 49.8. The average Bonchev–Trinajstić information content (AvgIpc) is 2.92. The topological polar surface area (TPSA) is 139 Å². The van der Waals surface area contributed by atoms with Gasteiger partial charge in [-0.1, -0.05) is 67.7 Å². The molecule has 0 bridgehead atoms. The molecule has 4 unspecified atom stereocenters. The van der Waals surface area contributed by atoms with Gasteiger partial charge in [-0.2, -0.15) is 0 Å². The largest absolute Gasteiger partial charge is 0.464 e. The molecular weight excluding hydrogens is 486 g/mol. The number of nitrogens with one attached hydrogen (secondary N) is 1. The summed E-state index contributed by atoms with van der Waals surface area (Å²) in [6.07, 6.45) is 24.9. The van der Waals surface area contributed by atoms with E-state index in [4.69, 9.17) is 9.84 Å². The third-order valence-electron chi connectivity index (χ3n) is 5.62. The van der Waals surface area contributed by atoms with Gasteiger partial charge in [0.1, 0.15) is 24.9 Å². The van der Waals surface area contributed by atoms with Crippen LogP contribution in [0.3, 0.4) is 0 Å². The van der Waals surface area contributed by atoms with Gasteiger partial charge in [0.25, 0.3) is 0 Å². The summed E-state index contributed by atoms with van der Waals surface area (Å²) in [5.41, 5.74) is 0. The second-order valence-corrected chi connectivity index (χ2v) is 9.04. The molecule has 0 aromatic carbocycles. The Hall–Kier alpha value is -2.07. The molecular formula is C30H51NO7. The number of hydrogen-bond acceptors (Lipinski definition) is 8. The first-order valence-electron chi connectivity index (χ1n) is 13.9. The lowest BCUT2D eigenvalue weighted by Crippen LogP contribution is -2.49. The molecule has 0 aromatic rings. The second-order valence-electron chi connectivity index (χ2n) is 9.04. The van der Waals surface area contributed by atoms with Crippen molar-refractivity contribution < 1.29 is 35.1 Å². The van der Waals surface area contributed by atoms with E-state index in [-0.39, 0.29) is 32.1 Å². The van der Waals surface area contributed by atoms with Gasteiger partial charge in [-0.25, -0.2) is 0 Å². The highest BCUT2D eigenvalue weighted by molar-refractivity contribution is 5.69. The van der Waals surface area contributed by atoms with Crippen LogP contribution < -0.4 is 5.32 Å². The number of unbranched alkanes of at least 4 members (excludes halogenated alkanes) is 4. The average molecular weight is 538 g/mol. The molecule has 0 radical (unpaired) electrons. The maximum Gasteiger partial charge on any atom is 0.306 e. The third-order valence-corrected chi connectivity index (χ3v) is 5.62. The van der Waals surface area contributed by atoms with E-state index in [1.54, 1.807) is 0 Å². The van der Waals surface area contributed by atoms with Gasteiger partial charge in [-0.3, -0.25) is 4.79 Å². The molecule has 0 rings (SSSR count). The fourth-order valence-corrected chi connectivity index (χ4v) is 3.30. The number of ether oxygens (including phenoxy) is 1. The summed E-state index contributed by atoms with van der Waals surface area (Å²) >= 11 is 0. The monoisotopic (exact) mass is 537 g/mol. The number of esters is 1. The summed E-state index contributed by atoms with van der Waals surface area (Å²) in [7, 11) is 0. The smallest absolute Gasteiger partial charge is 0.306 e. The molecule has 0 aliphatic rings. The van der Waals surface area contributed by atoms with Gasteiger partial charge in [0.15, 0.2) is 0 Å². The number of allylic oxidation sites excluding steroid dienone is 10. The lowest BCUT2D eigenvalue weighted by atomic mass is 10.0. The van der Waals surface area contributed by atoms with Gasteiger partial charge >= 0.3 is 5.97 Å². The number of carbonyl (C=O) groups is 1. The molecule has 0 aliphatic heterocycles. The molecule has 0 saturated heterocycles. The first-order chi connectivity index (χ1) is 18.4. The van der Waals surface area contributed by atoms with Crippen molar-refractivity contribution in [2.24, 2.45) is 0 Å². The predicted molar refractivity (Wildman–Crippen MR) is 152 cm³/mol. The highest BCUT2D eigenvalue weighted by Gasteiger charge is 2.29. The highest BCUT2D eigenvalue weighted by atomic mass is 16.5. The number of carbonyl (C=O) groups excluding carboxylic acids is 1. The zero-order valence-corrected chi connectivity index (χ0v) is 23.0. The van der Waals surface area contributed by atoms with E-state index < -0.39 is 31.0 Å². The van der Waals surface area contributed by atoms with E-state index in [0.29, 0.717) is 6.42 Å². The van der Waals surface area contributed by atoms with Crippen molar-refractivity contribution in [1.82, 2.24) is 5.32 Å². The number of aliphatic hydroxyl groups excluding tert-OH is 5. The molecule has 218 valence electrons.